The summed E-state index contributed by atoms with van der Waals surface area (Å²) in [6, 6.07) is 0. The fraction of sp³-hybridized carbons (Fsp3) is 0.593. The van der Waals surface area contributed by atoms with Crippen LogP contribution in [0.1, 0.15) is 88.0 Å². The van der Waals surface area contributed by atoms with Gasteiger partial charge in [0.05, 0.1) is 5.41 Å². The number of carbonyl (C=O) groups excluding carboxylic acids is 3. The third-order valence-corrected chi connectivity index (χ3v) is 6.30. The fourth-order valence-electron chi connectivity index (χ4n) is 3.83. The van der Waals surface area contributed by atoms with E-state index in [4.69, 9.17) is 0 Å². The van der Waals surface area contributed by atoms with E-state index in [1.54, 1.807) is 13.8 Å². The van der Waals surface area contributed by atoms with Gasteiger partial charge in [0.15, 0.2) is 17.3 Å². The molecule has 0 radical (unpaired) electrons. The number of ketones is 3. The average molecular weight is 429 g/mol. The lowest BCUT2D eigenvalue weighted by atomic mass is 9.56. The van der Waals surface area contributed by atoms with E-state index in [1.165, 1.54) is 0 Å². The molecule has 1 aliphatic rings. The lowest BCUT2D eigenvalue weighted by Crippen LogP contribution is -2.54. The second-order valence-electron chi connectivity index (χ2n) is 9.93. The highest BCUT2D eigenvalue weighted by molar-refractivity contribution is 6.31. The van der Waals surface area contributed by atoms with Gasteiger partial charge in [-0.1, -0.05) is 48.8 Å². The molecule has 0 spiro atoms. The summed E-state index contributed by atoms with van der Waals surface area (Å²) in [4.78, 5) is 41.1. The minimum atomic E-state index is -1.40. The van der Waals surface area contributed by atoms with Gasteiger partial charge in [0, 0.05) is 5.92 Å². The van der Waals surface area contributed by atoms with E-state index in [-0.39, 0.29) is 42.2 Å². The van der Waals surface area contributed by atoms with Crippen LogP contribution in [0, 0.1) is 16.7 Å². The van der Waals surface area contributed by atoms with Crippen LogP contribution in [0.15, 0.2) is 46.3 Å². The van der Waals surface area contributed by atoms with Gasteiger partial charge in [-0.2, -0.15) is 0 Å². The second kappa shape index (κ2) is 10.4. The van der Waals surface area contributed by atoms with Crippen molar-refractivity contribution in [2.24, 2.45) is 16.7 Å². The normalized spacial score (nSPS) is 21.5. The van der Waals surface area contributed by atoms with Crippen LogP contribution >= 0.6 is 0 Å². The Morgan fingerprint density at radius 1 is 0.903 bits per heavy atom. The van der Waals surface area contributed by atoms with Crippen LogP contribution in [-0.2, 0) is 14.4 Å². The lowest BCUT2D eigenvalue weighted by molar-refractivity contribution is -0.148. The van der Waals surface area contributed by atoms with Gasteiger partial charge in [-0.25, -0.2) is 0 Å². The van der Waals surface area contributed by atoms with Gasteiger partial charge in [-0.05, 0) is 74.1 Å². The van der Waals surface area contributed by atoms with Gasteiger partial charge < -0.3 is 5.11 Å². The van der Waals surface area contributed by atoms with Crippen LogP contribution in [0.5, 0.6) is 0 Å². The molecular weight excluding hydrogens is 388 g/mol. The van der Waals surface area contributed by atoms with Gasteiger partial charge in [0.25, 0.3) is 0 Å². The maximum Gasteiger partial charge on any atom is 0.184 e. The number of carbonyl (C=O) groups is 3. The van der Waals surface area contributed by atoms with Gasteiger partial charge in [0.2, 0.25) is 0 Å². The Bertz CT molecular complexity index is 834. The first kappa shape index (κ1) is 26.8. The molecule has 0 bridgehead atoms. The largest absolute Gasteiger partial charge is 0.510 e. The van der Waals surface area contributed by atoms with E-state index >= 15 is 0 Å². The molecule has 2 atom stereocenters. The Morgan fingerprint density at radius 3 is 1.71 bits per heavy atom. The van der Waals surface area contributed by atoms with Crippen molar-refractivity contribution < 1.29 is 19.5 Å². The molecule has 1 aliphatic carbocycles. The third kappa shape index (κ3) is 5.53. The second-order valence-corrected chi connectivity index (χ2v) is 9.93. The molecule has 1 N–H and O–H groups in total. The summed E-state index contributed by atoms with van der Waals surface area (Å²) in [5, 5.41) is 11.2. The molecule has 0 aliphatic heterocycles. The van der Waals surface area contributed by atoms with Crippen molar-refractivity contribution in [3.63, 3.8) is 0 Å². The first-order valence-electron chi connectivity index (χ1n) is 11.2. The Labute approximate surface area is 188 Å². The highest BCUT2D eigenvalue weighted by atomic mass is 16.3. The zero-order valence-corrected chi connectivity index (χ0v) is 20.8. The molecule has 0 saturated carbocycles. The van der Waals surface area contributed by atoms with E-state index < -0.39 is 22.5 Å². The molecular formula is C27H40O4. The fourth-order valence-corrected chi connectivity index (χ4v) is 3.83. The summed E-state index contributed by atoms with van der Waals surface area (Å²) < 4.78 is 0. The molecule has 0 fully saturated rings. The minimum Gasteiger partial charge on any atom is -0.510 e. The van der Waals surface area contributed by atoms with Gasteiger partial charge in [-0.3, -0.25) is 14.4 Å². The Hall–Kier alpha value is -2.23. The van der Waals surface area contributed by atoms with E-state index in [9.17, 15) is 19.5 Å². The highest BCUT2D eigenvalue weighted by Gasteiger charge is 2.59. The topological polar surface area (TPSA) is 71.4 Å². The Morgan fingerprint density at radius 2 is 1.32 bits per heavy atom. The van der Waals surface area contributed by atoms with Crippen molar-refractivity contribution in [1.82, 2.24) is 0 Å². The summed E-state index contributed by atoms with van der Waals surface area (Å²) in [5.41, 5.74) is 0.0991. The molecule has 1 rings (SSSR count). The summed E-state index contributed by atoms with van der Waals surface area (Å²) in [5.74, 6) is -2.00. The van der Waals surface area contributed by atoms with Gasteiger partial charge in [0.1, 0.15) is 16.7 Å². The van der Waals surface area contributed by atoms with Crippen molar-refractivity contribution >= 4 is 17.3 Å². The molecule has 4 nitrogen and oxygen atoms in total. The van der Waals surface area contributed by atoms with E-state index in [0.717, 1.165) is 16.7 Å². The van der Waals surface area contributed by atoms with Crippen molar-refractivity contribution in [2.75, 3.05) is 0 Å². The predicted molar refractivity (Wildman–Crippen MR) is 127 cm³/mol. The maximum atomic E-state index is 14.0. The molecule has 0 saturated heterocycles. The quantitative estimate of drug-likeness (QED) is 0.254. The number of aliphatic hydroxyl groups excluding tert-OH is 1. The third-order valence-electron chi connectivity index (χ3n) is 6.30. The molecule has 0 aromatic rings. The SMILES string of the molecule is CCC(C)C(=O)C1=C(O)C(C)(CC=C(C)C)C(=O)C(CC=C(C)C)(CC=C(C)C)C1=O. The molecule has 172 valence electrons. The van der Waals surface area contributed by atoms with E-state index in [0.29, 0.717) is 6.42 Å². The molecule has 0 aromatic carbocycles. The average Bonchev–Trinajstić information content (AvgIpc) is 2.69. The Kier molecular flexibility index (Phi) is 8.98. The number of allylic oxidation sites excluding steroid dienone is 8. The molecule has 0 heterocycles. The smallest absolute Gasteiger partial charge is 0.184 e. The van der Waals surface area contributed by atoms with Crippen LogP contribution in [0.4, 0.5) is 0 Å². The predicted octanol–water partition coefficient (Wildman–Crippen LogP) is 6.63. The zero-order valence-electron chi connectivity index (χ0n) is 20.8. The zero-order chi connectivity index (χ0) is 24.1. The van der Waals surface area contributed by atoms with E-state index in [2.05, 4.69) is 0 Å². The number of hydrogen-bond donors (Lipinski definition) is 1. The van der Waals surface area contributed by atoms with Crippen molar-refractivity contribution in [3.8, 4) is 0 Å². The molecule has 0 amide bonds. The highest BCUT2D eigenvalue weighted by Crippen LogP contribution is 2.50. The molecule has 4 heteroatoms. The van der Waals surface area contributed by atoms with Crippen LogP contribution in [0.2, 0.25) is 0 Å². The van der Waals surface area contributed by atoms with Crippen LogP contribution in [-0.4, -0.2) is 22.5 Å². The van der Waals surface area contributed by atoms with Crippen molar-refractivity contribution in [3.05, 3.63) is 46.3 Å². The number of Topliss-reactive ketones (excluding diaryl/α,β-unsaturated/α-hetero) is 3. The van der Waals surface area contributed by atoms with Crippen LogP contribution < -0.4 is 0 Å². The van der Waals surface area contributed by atoms with Gasteiger partial charge in [-0.15, -0.1) is 0 Å². The first-order chi connectivity index (χ1) is 14.2. The molecule has 31 heavy (non-hydrogen) atoms. The standard InChI is InChI=1S/C27H40O4/c1-10-20(8)22(28)21-23(29)26(9,14-11-17(2)3)25(31)27(24(21)30,15-12-18(4)5)16-13-19(6)7/h11-13,20,29H,10,14-16H2,1-9H3. The minimum absolute atomic E-state index is 0.178. The Balaban J connectivity index is 3.94. The van der Waals surface area contributed by atoms with E-state index in [1.807, 2.05) is 66.7 Å². The maximum absolute atomic E-state index is 14.0. The summed E-state index contributed by atoms with van der Waals surface area (Å²) >= 11 is 0. The first-order valence-corrected chi connectivity index (χ1v) is 11.2. The van der Waals surface area contributed by atoms with Gasteiger partial charge >= 0.3 is 0 Å². The summed E-state index contributed by atoms with van der Waals surface area (Å²) in [6.07, 6.45) is 6.90. The monoisotopic (exact) mass is 428 g/mol. The van der Waals surface area contributed by atoms with Crippen molar-refractivity contribution in [1.29, 1.82) is 0 Å². The van der Waals surface area contributed by atoms with Crippen LogP contribution in [0.3, 0.4) is 0 Å². The molecule has 0 aromatic heterocycles. The lowest BCUT2D eigenvalue weighted by Gasteiger charge is -2.43. The number of aliphatic hydroxyl groups is 1. The van der Waals surface area contributed by atoms with Crippen LogP contribution in [0.25, 0.3) is 0 Å². The number of hydrogen-bond acceptors (Lipinski definition) is 4. The number of rotatable bonds is 9. The van der Waals surface area contributed by atoms with Crippen molar-refractivity contribution in [2.45, 2.75) is 88.0 Å². The summed E-state index contributed by atoms with van der Waals surface area (Å²) in [6.45, 7) is 16.8. The molecule has 2 unspecified atom stereocenters. The summed E-state index contributed by atoms with van der Waals surface area (Å²) in [7, 11) is 0.